The zero-order chi connectivity index (χ0) is 8.55. The highest BCUT2D eigenvalue weighted by molar-refractivity contribution is 9.10. The van der Waals surface area contributed by atoms with Gasteiger partial charge in [-0.2, -0.15) is 0 Å². The molecule has 1 aromatic rings. The topological polar surface area (TPSA) is 18.5 Å². The van der Waals surface area contributed by atoms with Gasteiger partial charge in [-0.15, -0.1) is 11.3 Å². The summed E-state index contributed by atoms with van der Waals surface area (Å²) in [5.41, 5.74) is 0. The zero-order valence-electron chi connectivity index (χ0n) is 6.05. The number of halogens is 2. The van der Waals surface area contributed by atoms with Gasteiger partial charge in [0.15, 0.2) is 6.29 Å². The van der Waals surface area contributed by atoms with E-state index in [1.54, 1.807) is 0 Å². The first kappa shape index (κ1) is 8.97. The molecule has 0 radical (unpaired) electrons. The summed E-state index contributed by atoms with van der Waals surface area (Å²) in [6.07, 6.45) is -0.209. The molecule has 1 aromatic heterocycles. The third-order valence-electron chi connectivity index (χ3n) is 1.52. The zero-order valence-corrected chi connectivity index (χ0v) is 9.21. The molecule has 0 atom stereocenters. The van der Waals surface area contributed by atoms with Crippen LogP contribution in [0.5, 0.6) is 0 Å². The Kier molecular flexibility index (Phi) is 2.72. The molecule has 2 rings (SSSR count). The van der Waals surface area contributed by atoms with Crippen molar-refractivity contribution in [2.45, 2.75) is 6.29 Å². The maximum atomic E-state index is 5.87. The van der Waals surface area contributed by atoms with Gasteiger partial charge in [0.2, 0.25) is 0 Å². The van der Waals surface area contributed by atoms with Gasteiger partial charge in [-0.05, 0) is 22.0 Å². The van der Waals surface area contributed by atoms with Crippen LogP contribution in [-0.4, -0.2) is 13.2 Å². The predicted molar refractivity (Wildman–Crippen MR) is 51.7 cm³/mol. The summed E-state index contributed by atoms with van der Waals surface area (Å²) >= 11 is 10.7. The second-order valence-corrected chi connectivity index (χ2v) is 4.88. The summed E-state index contributed by atoms with van der Waals surface area (Å²) in [6, 6.07) is 1.93. The molecule has 0 aliphatic carbocycles. The first-order valence-corrected chi connectivity index (χ1v) is 5.44. The highest BCUT2D eigenvalue weighted by Gasteiger charge is 2.21. The second kappa shape index (κ2) is 3.64. The van der Waals surface area contributed by atoms with Crippen LogP contribution in [0.4, 0.5) is 0 Å². The van der Waals surface area contributed by atoms with Crippen LogP contribution in [0.3, 0.4) is 0 Å². The highest BCUT2D eigenvalue weighted by Crippen LogP contribution is 2.37. The molecular weight excluding hydrogens is 263 g/mol. The molecular formula is C7H6BrClO2S. The van der Waals surface area contributed by atoms with Gasteiger partial charge < -0.3 is 9.47 Å². The molecule has 2 nitrogen and oxygen atoms in total. The van der Waals surface area contributed by atoms with E-state index in [1.165, 1.54) is 11.3 Å². The minimum atomic E-state index is -0.209. The third kappa shape index (κ3) is 1.67. The van der Waals surface area contributed by atoms with Gasteiger partial charge in [0.25, 0.3) is 0 Å². The Morgan fingerprint density at radius 3 is 2.67 bits per heavy atom. The minimum absolute atomic E-state index is 0.209. The second-order valence-electron chi connectivity index (χ2n) is 2.34. The van der Waals surface area contributed by atoms with Crippen LogP contribution in [0.15, 0.2) is 10.5 Å². The molecule has 12 heavy (non-hydrogen) atoms. The molecule has 1 aliphatic rings. The van der Waals surface area contributed by atoms with E-state index in [9.17, 15) is 0 Å². The van der Waals surface area contributed by atoms with Crippen LogP contribution in [0.25, 0.3) is 0 Å². The van der Waals surface area contributed by atoms with Crippen molar-refractivity contribution in [2.75, 3.05) is 13.2 Å². The molecule has 66 valence electrons. The van der Waals surface area contributed by atoms with Crippen molar-refractivity contribution in [3.05, 3.63) is 19.8 Å². The lowest BCUT2D eigenvalue weighted by Crippen LogP contribution is -1.93. The molecule has 0 spiro atoms. The van der Waals surface area contributed by atoms with Gasteiger partial charge >= 0.3 is 0 Å². The van der Waals surface area contributed by atoms with E-state index in [1.807, 2.05) is 6.07 Å². The standard InChI is InChI=1S/C7H6BrClO2S/c8-4-3-5(12-6(4)9)7-10-1-2-11-7/h3,7H,1-2H2. The molecule has 0 aromatic carbocycles. The fourth-order valence-electron chi connectivity index (χ4n) is 1.00. The summed E-state index contributed by atoms with van der Waals surface area (Å²) in [5, 5.41) is 0. The fourth-order valence-corrected chi connectivity index (χ4v) is 2.74. The van der Waals surface area contributed by atoms with Gasteiger partial charge in [0, 0.05) is 4.47 Å². The number of hydrogen-bond acceptors (Lipinski definition) is 3. The monoisotopic (exact) mass is 268 g/mol. The molecule has 2 heterocycles. The maximum absolute atomic E-state index is 5.87. The molecule has 0 amide bonds. The summed E-state index contributed by atoms with van der Waals surface area (Å²) in [5.74, 6) is 0. The van der Waals surface area contributed by atoms with Crippen molar-refractivity contribution in [1.82, 2.24) is 0 Å². The van der Waals surface area contributed by atoms with Crippen molar-refractivity contribution < 1.29 is 9.47 Å². The van der Waals surface area contributed by atoms with Gasteiger partial charge in [-0.25, -0.2) is 0 Å². The SMILES string of the molecule is Clc1sc(C2OCCO2)cc1Br. The minimum Gasteiger partial charge on any atom is -0.345 e. The molecule has 0 unspecified atom stereocenters. The number of ether oxygens (including phenoxy) is 2. The largest absolute Gasteiger partial charge is 0.345 e. The van der Waals surface area contributed by atoms with Gasteiger partial charge in [0.1, 0.15) is 4.34 Å². The number of hydrogen-bond donors (Lipinski definition) is 0. The van der Waals surface area contributed by atoms with Gasteiger partial charge in [-0.3, -0.25) is 0 Å². The van der Waals surface area contributed by atoms with Crippen LogP contribution in [-0.2, 0) is 9.47 Å². The summed E-state index contributed by atoms with van der Waals surface area (Å²) in [4.78, 5) is 1.02. The number of rotatable bonds is 1. The Morgan fingerprint density at radius 1 is 1.50 bits per heavy atom. The van der Waals surface area contributed by atoms with E-state index < -0.39 is 0 Å². The lowest BCUT2D eigenvalue weighted by Gasteiger charge is -2.03. The summed E-state index contributed by atoms with van der Waals surface area (Å²) in [7, 11) is 0. The normalized spacial score (nSPS) is 18.8. The molecule has 1 fully saturated rings. The highest BCUT2D eigenvalue weighted by atomic mass is 79.9. The quantitative estimate of drug-likeness (QED) is 0.779. The smallest absolute Gasteiger partial charge is 0.193 e. The molecule has 1 saturated heterocycles. The lowest BCUT2D eigenvalue weighted by molar-refractivity contribution is -0.0413. The average Bonchev–Trinajstić information content (AvgIpc) is 2.61. The van der Waals surface area contributed by atoms with E-state index in [0.717, 1.165) is 13.7 Å². The van der Waals surface area contributed by atoms with Crippen molar-refractivity contribution >= 4 is 38.9 Å². The Balaban J connectivity index is 2.21. The molecule has 5 heteroatoms. The van der Waals surface area contributed by atoms with E-state index in [2.05, 4.69) is 15.9 Å². The van der Waals surface area contributed by atoms with E-state index in [4.69, 9.17) is 21.1 Å². The fraction of sp³-hybridized carbons (Fsp3) is 0.429. The molecule has 1 aliphatic heterocycles. The summed E-state index contributed by atoms with van der Waals surface area (Å²) in [6.45, 7) is 1.33. The van der Waals surface area contributed by atoms with Crippen molar-refractivity contribution in [1.29, 1.82) is 0 Å². The van der Waals surface area contributed by atoms with Crippen LogP contribution in [0, 0.1) is 0 Å². The van der Waals surface area contributed by atoms with Crippen LogP contribution in [0.1, 0.15) is 11.2 Å². The Labute approximate surface area is 87.6 Å². The van der Waals surface area contributed by atoms with Crippen molar-refractivity contribution in [2.24, 2.45) is 0 Å². The Hall–Kier alpha value is 0.390. The first-order valence-electron chi connectivity index (χ1n) is 3.45. The van der Waals surface area contributed by atoms with Crippen LogP contribution >= 0.6 is 38.9 Å². The van der Waals surface area contributed by atoms with Crippen LogP contribution in [0.2, 0.25) is 4.34 Å². The molecule has 0 saturated carbocycles. The van der Waals surface area contributed by atoms with Crippen molar-refractivity contribution in [3.8, 4) is 0 Å². The van der Waals surface area contributed by atoms with E-state index >= 15 is 0 Å². The number of thiophene rings is 1. The van der Waals surface area contributed by atoms with Crippen molar-refractivity contribution in [3.63, 3.8) is 0 Å². The maximum Gasteiger partial charge on any atom is 0.193 e. The van der Waals surface area contributed by atoms with E-state index in [-0.39, 0.29) is 6.29 Å². The average molecular weight is 270 g/mol. The van der Waals surface area contributed by atoms with Gasteiger partial charge in [0.05, 0.1) is 18.1 Å². The van der Waals surface area contributed by atoms with E-state index in [0.29, 0.717) is 13.2 Å². The molecule has 0 N–H and O–H groups in total. The van der Waals surface area contributed by atoms with Crippen LogP contribution < -0.4 is 0 Å². The predicted octanol–water partition coefficient (Wildman–Crippen LogP) is 3.21. The molecule has 0 bridgehead atoms. The first-order chi connectivity index (χ1) is 5.77. The Bertz CT molecular complexity index is 263. The Morgan fingerprint density at radius 2 is 2.17 bits per heavy atom. The summed E-state index contributed by atoms with van der Waals surface area (Å²) < 4.78 is 12.3. The van der Waals surface area contributed by atoms with Gasteiger partial charge in [-0.1, -0.05) is 11.6 Å². The third-order valence-corrected chi connectivity index (χ3v) is 4.01. The lowest BCUT2D eigenvalue weighted by atomic mass is 10.5.